The van der Waals surface area contributed by atoms with Crippen molar-refractivity contribution < 1.29 is 24.2 Å². The Bertz CT molecular complexity index is 1330. The lowest BCUT2D eigenvalue weighted by atomic mass is 10.1. The van der Waals surface area contributed by atoms with Crippen LogP contribution in [0.25, 0.3) is 0 Å². The first-order valence-corrected chi connectivity index (χ1v) is 11.5. The molecule has 0 radical (unpaired) electrons. The number of aliphatic carboxylic acids is 1. The maximum atomic E-state index is 13.4. The van der Waals surface area contributed by atoms with Crippen molar-refractivity contribution in [2.45, 2.75) is 19.1 Å². The maximum Gasteiger partial charge on any atom is 0.327 e. The lowest BCUT2D eigenvalue weighted by molar-refractivity contribution is -0.139. The van der Waals surface area contributed by atoms with Gasteiger partial charge in [0, 0.05) is 6.42 Å². The summed E-state index contributed by atoms with van der Waals surface area (Å²) >= 11 is 0. The Morgan fingerprint density at radius 1 is 0.778 bits per heavy atom. The van der Waals surface area contributed by atoms with Crippen LogP contribution in [0.5, 0.6) is 17.2 Å². The number of benzene rings is 4. The number of para-hydroxylation sites is 4. The number of carbonyl (C=O) groups is 2. The van der Waals surface area contributed by atoms with Crippen LogP contribution < -0.4 is 19.7 Å². The average Bonchev–Trinajstić information content (AvgIpc) is 2.91. The molecule has 5 rings (SSSR count). The number of amides is 2. The summed E-state index contributed by atoms with van der Waals surface area (Å²) in [5.74, 6) is 0.594. The van der Waals surface area contributed by atoms with Crippen molar-refractivity contribution in [1.29, 1.82) is 0 Å². The second-order valence-electron chi connectivity index (χ2n) is 8.34. The second kappa shape index (κ2) is 10.2. The van der Waals surface area contributed by atoms with Gasteiger partial charge in [0.1, 0.15) is 18.4 Å². The first kappa shape index (κ1) is 23.0. The fourth-order valence-electron chi connectivity index (χ4n) is 4.04. The summed E-state index contributed by atoms with van der Waals surface area (Å²) in [6.45, 7) is 0.441. The topological polar surface area (TPSA) is 88.1 Å². The van der Waals surface area contributed by atoms with Crippen LogP contribution in [-0.2, 0) is 17.8 Å². The number of carboxylic acid groups (broad SMARTS) is 1. The molecule has 1 aliphatic rings. The fraction of sp³-hybridized carbons (Fsp3) is 0.103. The molecule has 36 heavy (non-hydrogen) atoms. The Balaban J connectivity index is 1.29. The molecule has 0 unspecified atom stereocenters. The van der Waals surface area contributed by atoms with E-state index in [2.05, 4.69) is 5.32 Å². The number of carboxylic acids is 1. The molecular formula is C29H24N2O5. The third-order valence-electron chi connectivity index (χ3n) is 5.84. The van der Waals surface area contributed by atoms with E-state index in [4.69, 9.17) is 9.47 Å². The number of fused-ring (bicyclic) bond motifs is 2. The number of hydrogen-bond acceptors (Lipinski definition) is 4. The Morgan fingerprint density at radius 3 is 1.97 bits per heavy atom. The van der Waals surface area contributed by atoms with Crippen LogP contribution in [0, 0.1) is 0 Å². The fourth-order valence-corrected chi connectivity index (χ4v) is 4.04. The Kier molecular flexibility index (Phi) is 6.53. The van der Waals surface area contributed by atoms with Gasteiger partial charge in [0.05, 0.1) is 11.4 Å². The van der Waals surface area contributed by atoms with Crippen molar-refractivity contribution in [3.63, 3.8) is 0 Å². The van der Waals surface area contributed by atoms with Gasteiger partial charge < -0.3 is 19.9 Å². The minimum Gasteiger partial charge on any atom is -0.489 e. The van der Waals surface area contributed by atoms with Crippen molar-refractivity contribution in [1.82, 2.24) is 5.32 Å². The van der Waals surface area contributed by atoms with Gasteiger partial charge >= 0.3 is 12.0 Å². The summed E-state index contributed by atoms with van der Waals surface area (Å²) in [5, 5.41) is 12.5. The standard InChI is InChI=1S/C29H24N2O5/c32-28(33)23(18-20-14-16-22(17-15-20)35-19-21-8-2-1-3-9-21)30-29(34)31-24-10-4-6-12-26(24)36-27-13-7-5-11-25(27)31/h1-17,23H,18-19H2,(H,30,34)(H,32,33)/t23-/m1/s1. The van der Waals surface area contributed by atoms with E-state index in [9.17, 15) is 14.7 Å². The smallest absolute Gasteiger partial charge is 0.327 e. The molecule has 0 saturated heterocycles. The van der Waals surface area contributed by atoms with Gasteiger partial charge in [0.2, 0.25) is 0 Å². The molecule has 1 heterocycles. The van der Waals surface area contributed by atoms with Crippen LogP contribution in [0.3, 0.4) is 0 Å². The minimum atomic E-state index is -1.13. The lowest BCUT2D eigenvalue weighted by Crippen LogP contribution is -2.48. The number of rotatable bonds is 7. The van der Waals surface area contributed by atoms with Gasteiger partial charge in [-0.05, 0) is 47.5 Å². The second-order valence-corrected chi connectivity index (χ2v) is 8.34. The zero-order valence-electron chi connectivity index (χ0n) is 19.3. The number of urea groups is 1. The molecule has 0 spiro atoms. The Labute approximate surface area is 208 Å². The minimum absolute atomic E-state index is 0.119. The predicted octanol–water partition coefficient (Wildman–Crippen LogP) is 5.91. The first-order valence-electron chi connectivity index (χ1n) is 11.5. The van der Waals surface area contributed by atoms with Crippen molar-refractivity contribution in [2.75, 3.05) is 4.90 Å². The highest BCUT2D eigenvalue weighted by Gasteiger charge is 2.31. The van der Waals surface area contributed by atoms with Crippen LogP contribution in [0.4, 0.5) is 16.2 Å². The number of nitrogens with one attached hydrogen (secondary N) is 1. The molecule has 1 aliphatic heterocycles. The molecule has 0 aliphatic carbocycles. The molecule has 0 bridgehead atoms. The summed E-state index contributed by atoms with van der Waals surface area (Å²) in [6.07, 6.45) is 0.119. The highest BCUT2D eigenvalue weighted by atomic mass is 16.5. The van der Waals surface area contributed by atoms with Gasteiger partial charge in [-0.2, -0.15) is 0 Å². The zero-order valence-corrected chi connectivity index (χ0v) is 19.3. The zero-order chi connectivity index (χ0) is 24.9. The number of ether oxygens (including phenoxy) is 2. The van der Waals surface area contributed by atoms with Crippen molar-refractivity contribution in [2.24, 2.45) is 0 Å². The van der Waals surface area contributed by atoms with E-state index in [0.717, 1.165) is 11.1 Å². The first-order chi connectivity index (χ1) is 17.6. The van der Waals surface area contributed by atoms with E-state index in [1.54, 1.807) is 48.5 Å². The maximum absolute atomic E-state index is 13.4. The van der Waals surface area contributed by atoms with Crippen LogP contribution in [-0.4, -0.2) is 23.1 Å². The largest absolute Gasteiger partial charge is 0.489 e. The average molecular weight is 481 g/mol. The van der Waals surface area contributed by atoms with Gasteiger partial charge in [-0.1, -0.05) is 66.7 Å². The van der Waals surface area contributed by atoms with Gasteiger partial charge in [-0.25, -0.2) is 9.59 Å². The monoisotopic (exact) mass is 480 g/mol. The molecule has 4 aromatic rings. The summed E-state index contributed by atoms with van der Waals surface area (Å²) in [5.41, 5.74) is 2.90. The normalized spacial score (nSPS) is 12.5. The molecule has 7 nitrogen and oxygen atoms in total. The molecule has 0 fully saturated rings. The van der Waals surface area contributed by atoms with Crippen molar-refractivity contribution >= 4 is 23.4 Å². The molecule has 4 aromatic carbocycles. The highest BCUT2D eigenvalue weighted by Crippen LogP contribution is 2.46. The number of nitrogens with zero attached hydrogens (tertiary/aromatic N) is 1. The van der Waals surface area contributed by atoms with E-state index >= 15 is 0 Å². The van der Waals surface area contributed by atoms with E-state index in [-0.39, 0.29) is 6.42 Å². The summed E-state index contributed by atoms with van der Waals surface area (Å²) in [7, 11) is 0. The van der Waals surface area contributed by atoms with Crippen molar-refractivity contribution in [3.8, 4) is 17.2 Å². The SMILES string of the molecule is O=C(O)[C@@H](Cc1ccc(OCc2ccccc2)cc1)NC(=O)N1c2ccccc2Oc2ccccc21. The molecule has 2 N–H and O–H groups in total. The van der Waals surface area contributed by atoms with E-state index < -0.39 is 18.0 Å². The van der Waals surface area contributed by atoms with Crippen LogP contribution in [0.15, 0.2) is 103 Å². The van der Waals surface area contributed by atoms with E-state index in [1.165, 1.54) is 4.90 Å². The van der Waals surface area contributed by atoms with E-state index in [1.807, 2.05) is 54.6 Å². The van der Waals surface area contributed by atoms with Crippen LogP contribution in [0.2, 0.25) is 0 Å². The molecule has 0 saturated carbocycles. The van der Waals surface area contributed by atoms with Gasteiger partial charge in [0.15, 0.2) is 11.5 Å². The number of hydrogen-bond donors (Lipinski definition) is 2. The van der Waals surface area contributed by atoms with Crippen molar-refractivity contribution in [3.05, 3.63) is 114 Å². The quantitative estimate of drug-likeness (QED) is 0.343. The summed E-state index contributed by atoms with van der Waals surface area (Å²) in [4.78, 5) is 26.9. The van der Waals surface area contributed by atoms with Gasteiger partial charge in [-0.15, -0.1) is 0 Å². The highest BCUT2D eigenvalue weighted by molar-refractivity contribution is 6.04. The summed E-state index contributed by atoms with van der Waals surface area (Å²) in [6, 6.07) is 29.6. The molecular weight excluding hydrogens is 456 g/mol. The van der Waals surface area contributed by atoms with Gasteiger partial charge in [-0.3, -0.25) is 4.90 Å². The molecule has 7 heteroatoms. The van der Waals surface area contributed by atoms with Crippen LogP contribution in [0.1, 0.15) is 11.1 Å². The Hall–Kier alpha value is -4.78. The van der Waals surface area contributed by atoms with E-state index in [0.29, 0.717) is 35.2 Å². The molecule has 1 atom stereocenters. The third kappa shape index (κ3) is 5.00. The molecule has 180 valence electrons. The third-order valence-corrected chi connectivity index (χ3v) is 5.84. The predicted molar refractivity (Wildman–Crippen MR) is 136 cm³/mol. The summed E-state index contributed by atoms with van der Waals surface area (Å²) < 4.78 is 11.7. The van der Waals surface area contributed by atoms with Crippen LogP contribution >= 0.6 is 0 Å². The lowest BCUT2D eigenvalue weighted by Gasteiger charge is -2.31. The molecule has 2 amide bonds. The number of anilines is 2. The Morgan fingerprint density at radius 2 is 1.36 bits per heavy atom. The van der Waals surface area contributed by atoms with Gasteiger partial charge in [0.25, 0.3) is 0 Å². The molecule has 0 aromatic heterocycles. The number of carbonyl (C=O) groups excluding carboxylic acids is 1.